The summed E-state index contributed by atoms with van der Waals surface area (Å²) < 4.78 is 13.6. The average molecular weight is 310 g/mol. The normalized spacial score (nSPS) is 12.5. The monoisotopic (exact) mass is 310 g/mol. The van der Waals surface area contributed by atoms with Gasteiger partial charge in [-0.15, -0.1) is 23.1 Å². The van der Waals surface area contributed by atoms with Gasteiger partial charge in [0.25, 0.3) is 0 Å². The Morgan fingerprint density at radius 3 is 2.95 bits per heavy atom. The molecular weight excluding hydrogens is 291 g/mol. The molecule has 1 aromatic heterocycles. The molecule has 0 fully saturated rings. The maximum absolute atomic E-state index is 13.6. The van der Waals surface area contributed by atoms with Crippen LogP contribution in [0.1, 0.15) is 18.2 Å². The fourth-order valence-electron chi connectivity index (χ4n) is 1.88. The van der Waals surface area contributed by atoms with Crippen LogP contribution in [-0.2, 0) is 6.42 Å². The summed E-state index contributed by atoms with van der Waals surface area (Å²) >= 11 is 3.25. The maximum atomic E-state index is 13.6. The molecule has 0 aliphatic carbocycles. The van der Waals surface area contributed by atoms with Crippen molar-refractivity contribution in [2.24, 2.45) is 0 Å². The largest absolute Gasteiger partial charge is 0.313 e. The van der Waals surface area contributed by atoms with Crippen molar-refractivity contribution in [2.75, 3.05) is 12.3 Å². The van der Waals surface area contributed by atoms with Gasteiger partial charge >= 0.3 is 0 Å². The van der Waals surface area contributed by atoms with Gasteiger partial charge in [-0.3, -0.25) is 4.98 Å². The van der Waals surface area contributed by atoms with Crippen molar-refractivity contribution in [3.8, 4) is 0 Å². The second kappa shape index (κ2) is 8.39. The topological polar surface area (TPSA) is 24.9 Å². The highest BCUT2D eigenvalue weighted by Crippen LogP contribution is 2.23. The van der Waals surface area contributed by atoms with Crippen molar-refractivity contribution in [2.45, 2.75) is 30.7 Å². The molecule has 1 heterocycles. The first-order valence-corrected chi connectivity index (χ1v) is 8.64. The zero-order chi connectivity index (χ0) is 14.2. The Hall–Kier alpha value is -0.910. The Morgan fingerprint density at radius 1 is 1.40 bits per heavy atom. The highest BCUT2D eigenvalue weighted by atomic mass is 32.2. The molecule has 0 saturated carbocycles. The number of aromatic nitrogens is 1. The summed E-state index contributed by atoms with van der Waals surface area (Å²) in [6.45, 7) is 3.14. The smallest absolute Gasteiger partial charge is 0.136 e. The van der Waals surface area contributed by atoms with Gasteiger partial charge in [-0.25, -0.2) is 4.39 Å². The predicted octanol–water partition coefficient (Wildman–Crippen LogP) is 3.99. The summed E-state index contributed by atoms with van der Waals surface area (Å²) in [6, 6.07) is 7.30. The molecule has 108 valence electrons. The third kappa shape index (κ3) is 4.89. The molecule has 0 amide bonds. The summed E-state index contributed by atoms with van der Waals surface area (Å²) in [5.41, 5.74) is 1.86. The molecule has 1 unspecified atom stereocenters. The second-order valence-electron chi connectivity index (χ2n) is 4.56. The standard InChI is InChI=1S/C15H19FN2S2/c1-2-7-18-12(8-13-9-17-11-20-13)10-19-15-6-4-3-5-14(15)16/h3-6,9,11-12,18H,2,7-8,10H2,1H3. The van der Waals surface area contributed by atoms with Crippen LogP contribution in [0.5, 0.6) is 0 Å². The van der Waals surface area contributed by atoms with E-state index in [9.17, 15) is 4.39 Å². The molecule has 0 saturated heterocycles. The molecule has 20 heavy (non-hydrogen) atoms. The van der Waals surface area contributed by atoms with Gasteiger partial charge in [-0.2, -0.15) is 0 Å². The average Bonchev–Trinajstić information content (AvgIpc) is 2.96. The summed E-state index contributed by atoms with van der Waals surface area (Å²) in [5.74, 6) is 0.725. The highest BCUT2D eigenvalue weighted by molar-refractivity contribution is 7.99. The first kappa shape index (κ1) is 15.5. The van der Waals surface area contributed by atoms with Crippen LogP contribution in [0.3, 0.4) is 0 Å². The fraction of sp³-hybridized carbons (Fsp3) is 0.400. The Labute approximate surface area is 127 Å². The lowest BCUT2D eigenvalue weighted by atomic mass is 10.2. The fourth-order valence-corrected chi connectivity index (χ4v) is 3.55. The molecule has 0 spiro atoms. The SMILES string of the molecule is CCCNC(CSc1ccccc1F)Cc1cncs1. The first-order valence-electron chi connectivity index (χ1n) is 6.77. The Morgan fingerprint density at radius 2 is 2.25 bits per heavy atom. The Balaban J connectivity index is 1.91. The van der Waals surface area contributed by atoms with Crippen molar-refractivity contribution in [3.05, 3.63) is 46.7 Å². The summed E-state index contributed by atoms with van der Waals surface area (Å²) in [5, 5.41) is 3.53. The van der Waals surface area contributed by atoms with Gasteiger partial charge in [-0.05, 0) is 31.5 Å². The molecule has 2 rings (SSSR count). The molecule has 0 radical (unpaired) electrons. The molecule has 0 bridgehead atoms. The number of benzene rings is 1. The van der Waals surface area contributed by atoms with Crippen LogP contribution in [0.4, 0.5) is 4.39 Å². The van der Waals surface area contributed by atoms with Crippen LogP contribution in [0.25, 0.3) is 0 Å². The Bertz CT molecular complexity index is 502. The third-order valence-corrected chi connectivity index (χ3v) is 4.90. The van der Waals surface area contributed by atoms with Crippen molar-refractivity contribution in [3.63, 3.8) is 0 Å². The van der Waals surface area contributed by atoms with E-state index in [2.05, 4.69) is 17.2 Å². The molecule has 1 N–H and O–H groups in total. The van der Waals surface area contributed by atoms with E-state index < -0.39 is 0 Å². The number of thioether (sulfide) groups is 1. The van der Waals surface area contributed by atoms with E-state index >= 15 is 0 Å². The number of rotatable bonds is 8. The summed E-state index contributed by atoms with van der Waals surface area (Å²) in [7, 11) is 0. The molecule has 1 aromatic carbocycles. The van der Waals surface area contributed by atoms with E-state index in [1.165, 1.54) is 10.9 Å². The highest BCUT2D eigenvalue weighted by Gasteiger charge is 2.12. The van der Waals surface area contributed by atoms with Crippen LogP contribution in [0, 0.1) is 5.82 Å². The predicted molar refractivity (Wildman–Crippen MR) is 85.0 cm³/mol. The van der Waals surface area contributed by atoms with Crippen LogP contribution in [0.15, 0.2) is 40.9 Å². The van der Waals surface area contributed by atoms with E-state index in [0.29, 0.717) is 6.04 Å². The number of halogens is 1. The van der Waals surface area contributed by atoms with Crippen molar-refractivity contribution >= 4 is 23.1 Å². The lowest BCUT2D eigenvalue weighted by molar-refractivity contribution is 0.552. The molecule has 1 atom stereocenters. The number of thiazole rings is 1. The second-order valence-corrected chi connectivity index (χ2v) is 6.60. The van der Waals surface area contributed by atoms with Gasteiger partial charge < -0.3 is 5.32 Å². The van der Waals surface area contributed by atoms with Crippen molar-refractivity contribution < 1.29 is 4.39 Å². The molecule has 5 heteroatoms. The summed E-state index contributed by atoms with van der Waals surface area (Å²) in [6.07, 6.45) is 3.97. The lowest BCUT2D eigenvalue weighted by Crippen LogP contribution is -2.33. The zero-order valence-corrected chi connectivity index (χ0v) is 13.1. The van der Waals surface area contributed by atoms with Crippen LogP contribution in [-0.4, -0.2) is 23.3 Å². The third-order valence-electron chi connectivity index (χ3n) is 2.89. The van der Waals surface area contributed by atoms with Crippen LogP contribution >= 0.6 is 23.1 Å². The van der Waals surface area contributed by atoms with Gasteiger partial charge in [-0.1, -0.05) is 19.1 Å². The van der Waals surface area contributed by atoms with Gasteiger partial charge in [0.1, 0.15) is 5.82 Å². The molecule has 0 aliphatic rings. The van der Waals surface area contributed by atoms with Crippen LogP contribution in [0.2, 0.25) is 0 Å². The van der Waals surface area contributed by atoms with E-state index in [1.54, 1.807) is 29.2 Å². The minimum atomic E-state index is -0.135. The molecular formula is C15H19FN2S2. The molecule has 2 nitrogen and oxygen atoms in total. The first-order chi connectivity index (χ1) is 9.79. The number of hydrogen-bond acceptors (Lipinski definition) is 4. The quantitative estimate of drug-likeness (QED) is 0.746. The number of hydrogen-bond donors (Lipinski definition) is 1. The number of nitrogens with zero attached hydrogens (tertiary/aromatic N) is 1. The summed E-state index contributed by atoms with van der Waals surface area (Å²) in [4.78, 5) is 6.11. The van der Waals surface area contributed by atoms with Gasteiger partial charge in [0.2, 0.25) is 0 Å². The van der Waals surface area contributed by atoms with E-state index in [0.717, 1.165) is 30.0 Å². The maximum Gasteiger partial charge on any atom is 0.136 e. The van der Waals surface area contributed by atoms with Crippen molar-refractivity contribution in [1.29, 1.82) is 0 Å². The minimum absolute atomic E-state index is 0.135. The van der Waals surface area contributed by atoms with Crippen LogP contribution < -0.4 is 5.32 Å². The van der Waals surface area contributed by atoms with E-state index in [-0.39, 0.29) is 5.82 Å². The molecule has 0 aliphatic heterocycles. The van der Waals surface area contributed by atoms with Crippen molar-refractivity contribution in [1.82, 2.24) is 10.3 Å². The lowest BCUT2D eigenvalue weighted by Gasteiger charge is -2.17. The molecule has 2 aromatic rings. The van der Waals surface area contributed by atoms with E-state index in [4.69, 9.17) is 0 Å². The van der Waals surface area contributed by atoms with E-state index in [1.807, 2.05) is 23.8 Å². The van der Waals surface area contributed by atoms with Gasteiger partial charge in [0.15, 0.2) is 0 Å². The number of nitrogens with one attached hydrogen (secondary N) is 1. The Kier molecular flexibility index (Phi) is 6.50. The minimum Gasteiger partial charge on any atom is -0.313 e. The van der Waals surface area contributed by atoms with Gasteiger partial charge in [0, 0.05) is 27.8 Å². The zero-order valence-electron chi connectivity index (χ0n) is 11.5. The van der Waals surface area contributed by atoms with Gasteiger partial charge in [0.05, 0.1) is 5.51 Å².